The predicted molar refractivity (Wildman–Crippen MR) is 129 cm³/mol. The summed E-state index contributed by atoms with van der Waals surface area (Å²) in [7, 11) is 0. The van der Waals surface area contributed by atoms with E-state index in [9.17, 15) is 14.4 Å². The fourth-order valence-corrected chi connectivity index (χ4v) is 3.91. The first kappa shape index (κ1) is 23.6. The van der Waals surface area contributed by atoms with Gasteiger partial charge in [0.2, 0.25) is 5.91 Å². The topological polar surface area (TPSA) is 75.7 Å². The van der Waals surface area contributed by atoms with Gasteiger partial charge in [-0.1, -0.05) is 51.1 Å². The van der Waals surface area contributed by atoms with Gasteiger partial charge in [0.05, 0.1) is 11.0 Å². The van der Waals surface area contributed by atoms with Crippen LogP contribution in [0.25, 0.3) is 6.08 Å². The molecule has 1 heterocycles. The molecule has 0 bridgehead atoms. The summed E-state index contributed by atoms with van der Waals surface area (Å²) in [5.41, 5.74) is 2.50. The van der Waals surface area contributed by atoms with E-state index in [1.807, 2.05) is 62.4 Å². The van der Waals surface area contributed by atoms with Crippen LogP contribution in [0, 0.1) is 0 Å². The molecular weight excluding hydrogens is 424 g/mol. The Morgan fingerprint density at radius 1 is 1.09 bits per heavy atom. The molecule has 0 aliphatic carbocycles. The molecule has 0 radical (unpaired) electrons. The second-order valence-electron chi connectivity index (χ2n) is 7.97. The largest absolute Gasteiger partial charge is 0.490 e. The molecule has 1 fully saturated rings. The molecule has 2 aromatic carbocycles. The van der Waals surface area contributed by atoms with E-state index in [1.165, 1.54) is 0 Å². The molecule has 6 nitrogen and oxygen atoms in total. The molecule has 0 unspecified atom stereocenters. The van der Waals surface area contributed by atoms with Crippen LogP contribution in [0.5, 0.6) is 5.75 Å². The van der Waals surface area contributed by atoms with E-state index in [-0.39, 0.29) is 17.6 Å². The average molecular weight is 453 g/mol. The first-order valence-electron chi connectivity index (χ1n) is 10.7. The molecule has 168 valence electrons. The standard InChI is InChI=1S/C25H28N2O4S/c1-5-17(4)31-21-9-7-6-8-19(21)14-22-24(29)27(25(30)32-22)15-23(28)26-20-12-10-18(11-13-20)16(2)3/h6-14,16-17H,5,15H2,1-4H3,(H,26,28)/b22-14+/t17-/m0/s1. The van der Waals surface area contributed by atoms with E-state index in [0.717, 1.165) is 28.6 Å². The number of anilines is 1. The fourth-order valence-electron chi connectivity index (χ4n) is 3.08. The van der Waals surface area contributed by atoms with Gasteiger partial charge in [-0.3, -0.25) is 19.3 Å². The van der Waals surface area contributed by atoms with Gasteiger partial charge in [0, 0.05) is 11.3 Å². The molecule has 0 saturated carbocycles. The summed E-state index contributed by atoms with van der Waals surface area (Å²) < 4.78 is 5.92. The van der Waals surface area contributed by atoms with E-state index >= 15 is 0 Å². The number of hydrogen-bond donors (Lipinski definition) is 1. The van der Waals surface area contributed by atoms with Gasteiger partial charge in [-0.05, 0) is 60.9 Å². The summed E-state index contributed by atoms with van der Waals surface area (Å²) in [5, 5.41) is 2.28. The number of carbonyl (C=O) groups is 3. The Hall–Kier alpha value is -3.06. The molecule has 0 aromatic heterocycles. The molecule has 2 aromatic rings. The molecule has 7 heteroatoms. The molecule has 1 aliphatic heterocycles. The van der Waals surface area contributed by atoms with Crippen molar-refractivity contribution >= 4 is 40.6 Å². The van der Waals surface area contributed by atoms with Gasteiger partial charge in [0.1, 0.15) is 12.3 Å². The first-order chi connectivity index (χ1) is 15.3. The summed E-state index contributed by atoms with van der Waals surface area (Å²) in [6, 6.07) is 14.9. The van der Waals surface area contributed by atoms with Crippen LogP contribution < -0.4 is 10.1 Å². The maximum atomic E-state index is 12.8. The minimum atomic E-state index is -0.483. The maximum Gasteiger partial charge on any atom is 0.294 e. The summed E-state index contributed by atoms with van der Waals surface area (Å²) in [6.45, 7) is 7.85. The van der Waals surface area contributed by atoms with Gasteiger partial charge in [-0.25, -0.2) is 0 Å². The van der Waals surface area contributed by atoms with Crippen molar-refractivity contribution in [1.29, 1.82) is 0 Å². The van der Waals surface area contributed by atoms with E-state index in [1.54, 1.807) is 6.08 Å². The molecular formula is C25H28N2O4S. The molecule has 32 heavy (non-hydrogen) atoms. The lowest BCUT2D eigenvalue weighted by Gasteiger charge is -2.15. The fraction of sp³-hybridized carbons (Fsp3) is 0.320. The third-order valence-electron chi connectivity index (χ3n) is 5.15. The molecule has 1 aliphatic rings. The Bertz CT molecular complexity index is 1030. The highest BCUT2D eigenvalue weighted by atomic mass is 32.2. The number of benzene rings is 2. The van der Waals surface area contributed by atoms with Crippen LogP contribution in [0.4, 0.5) is 10.5 Å². The van der Waals surface area contributed by atoms with Crippen molar-refractivity contribution in [2.45, 2.75) is 46.1 Å². The zero-order valence-electron chi connectivity index (χ0n) is 18.8. The normalized spacial score (nSPS) is 16.0. The van der Waals surface area contributed by atoms with E-state index in [0.29, 0.717) is 22.9 Å². The lowest BCUT2D eigenvalue weighted by atomic mass is 10.0. The molecule has 1 N–H and O–H groups in total. The number of imide groups is 1. The van der Waals surface area contributed by atoms with Gasteiger partial charge >= 0.3 is 0 Å². The number of amides is 3. The highest BCUT2D eigenvalue weighted by molar-refractivity contribution is 8.18. The SMILES string of the molecule is CC[C@H](C)Oc1ccccc1/C=C1/SC(=O)N(CC(=O)Nc2ccc(C(C)C)cc2)C1=O. The lowest BCUT2D eigenvalue weighted by Crippen LogP contribution is -2.36. The number of thioether (sulfide) groups is 1. The number of nitrogens with zero attached hydrogens (tertiary/aromatic N) is 1. The van der Waals surface area contributed by atoms with Crippen LogP contribution in [0.15, 0.2) is 53.4 Å². The first-order valence-corrected chi connectivity index (χ1v) is 11.5. The summed E-state index contributed by atoms with van der Waals surface area (Å²) in [5.74, 6) is 0.133. The van der Waals surface area contributed by atoms with Gasteiger partial charge in [0.25, 0.3) is 11.1 Å². The van der Waals surface area contributed by atoms with Crippen molar-refractivity contribution in [1.82, 2.24) is 4.90 Å². The summed E-state index contributed by atoms with van der Waals surface area (Å²) in [6.07, 6.45) is 2.52. The van der Waals surface area contributed by atoms with Crippen LogP contribution in [-0.2, 0) is 9.59 Å². The maximum absolute atomic E-state index is 12.8. The van der Waals surface area contributed by atoms with Crippen molar-refractivity contribution in [2.75, 3.05) is 11.9 Å². The third-order valence-corrected chi connectivity index (χ3v) is 6.05. The van der Waals surface area contributed by atoms with Crippen LogP contribution in [0.1, 0.15) is 51.2 Å². The summed E-state index contributed by atoms with van der Waals surface area (Å²) >= 11 is 0.826. The number of para-hydroxylation sites is 1. The molecule has 1 atom stereocenters. The lowest BCUT2D eigenvalue weighted by molar-refractivity contribution is -0.127. The van der Waals surface area contributed by atoms with Gasteiger partial charge in [-0.2, -0.15) is 0 Å². The molecule has 0 spiro atoms. The predicted octanol–water partition coefficient (Wildman–Crippen LogP) is 5.66. The minimum absolute atomic E-state index is 0.0258. The van der Waals surface area contributed by atoms with E-state index in [2.05, 4.69) is 19.2 Å². The minimum Gasteiger partial charge on any atom is -0.490 e. The van der Waals surface area contributed by atoms with E-state index < -0.39 is 17.1 Å². The Labute approximate surface area is 193 Å². The van der Waals surface area contributed by atoms with Crippen molar-refractivity contribution in [3.8, 4) is 5.75 Å². The highest BCUT2D eigenvalue weighted by Crippen LogP contribution is 2.34. The van der Waals surface area contributed by atoms with Gasteiger partial charge in [0.15, 0.2) is 0 Å². The number of nitrogens with one attached hydrogen (secondary N) is 1. The number of hydrogen-bond acceptors (Lipinski definition) is 5. The zero-order valence-corrected chi connectivity index (χ0v) is 19.6. The smallest absolute Gasteiger partial charge is 0.294 e. The zero-order chi connectivity index (χ0) is 23.3. The average Bonchev–Trinajstić information content (AvgIpc) is 3.02. The molecule has 3 rings (SSSR count). The van der Waals surface area contributed by atoms with Crippen molar-refractivity contribution in [2.24, 2.45) is 0 Å². The van der Waals surface area contributed by atoms with Crippen LogP contribution in [-0.4, -0.2) is 34.6 Å². The van der Waals surface area contributed by atoms with Crippen LogP contribution >= 0.6 is 11.8 Å². The van der Waals surface area contributed by atoms with Crippen molar-refractivity contribution in [3.63, 3.8) is 0 Å². The van der Waals surface area contributed by atoms with E-state index in [4.69, 9.17) is 4.74 Å². The van der Waals surface area contributed by atoms with Gasteiger partial charge in [-0.15, -0.1) is 0 Å². The number of rotatable bonds is 8. The quantitative estimate of drug-likeness (QED) is 0.523. The monoisotopic (exact) mass is 452 g/mol. The Balaban J connectivity index is 1.69. The second-order valence-corrected chi connectivity index (χ2v) is 8.96. The Morgan fingerprint density at radius 3 is 2.44 bits per heavy atom. The van der Waals surface area contributed by atoms with Crippen LogP contribution in [0.3, 0.4) is 0 Å². The number of ether oxygens (including phenoxy) is 1. The third kappa shape index (κ3) is 5.79. The van der Waals surface area contributed by atoms with Crippen molar-refractivity contribution < 1.29 is 19.1 Å². The van der Waals surface area contributed by atoms with Crippen LogP contribution in [0.2, 0.25) is 0 Å². The Kier molecular flexibility index (Phi) is 7.75. The Morgan fingerprint density at radius 2 is 1.78 bits per heavy atom. The number of carbonyl (C=O) groups excluding carboxylic acids is 3. The molecule has 3 amide bonds. The van der Waals surface area contributed by atoms with Crippen molar-refractivity contribution in [3.05, 3.63) is 64.6 Å². The molecule has 1 saturated heterocycles. The highest BCUT2D eigenvalue weighted by Gasteiger charge is 2.36. The second kappa shape index (κ2) is 10.5. The van der Waals surface area contributed by atoms with Gasteiger partial charge < -0.3 is 10.1 Å². The summed E-state index contributed by atoms with van der Waals surface area (Å²) in [4.78, 5) is 38.9.